The third-order valence-electron chi connectivity index (χ3n) is 3.76. The molecule has 0 unspecified atom stereocenters. The van der Waals surface area contributed by atoms with E-state index < -0.39 is 0 Å². The number of likely N-dealkylation sites (N-methyl/N-ethyl adjacent to an activating group) is 1. The topological polar surface area (TPSA) is 53.5 Å². The van der Waals surface area contributed by atoms with Gasteiger partial charge < -0.3 is 4.90 Å². The summed E-state index contributed by atoms with van der Waals surface area (Å²) in [5.41, 5.74) is 2.33. The molecule has 1 aromatic carbocycles. The average Bonchev–Trinajstić information content (AvgIpc) is 2.69. The fraction of sp³-hybridized carbons (Fsp3) is 0.312. The van der Waals surface area contributed by atoms with E-state index in [1.165, 1.54) is 4.90 Å². The molecule has 21 heavy (non-hydrogen) atoms. The van der Waals surface area contributed by atoms with Crippen LogP contribution in [0.5, 0.6) is 0 Å². The van der Waals surface area contributed by atoms with Crippen LogP contribution in [0, 0.1) is 6.92 Å². The number of carbonyl (C=O) groups excluding carboxylic acids is 2. The summed E-state index contributed by atoms with van der Waals surface area (Å²) in [5.74, 6) is -0.439. The van der Waals surface area contributed by atoms with Gasteiger partial charge in [0.2, 0.25) is 0 Å². The Labute approximate surface area is 123 Å². The number of imide groups is 1. The second-order valence-corrected chi connectivity index (χ2v) is 5.53. The van der Waals surface area contributed by atoms with Crippen molar-refractivity contribution in [3.63, 3.8) is 0 Å². The predicted molar refractivity (Wildman–Crippen MR) is 80.4 cm³/mol. The molecule has 1 aliphatic rings. The van der Waals surface area contributed by atoms with Gasteiger partial charge in [-0.15, -0.1) is 0 Å². The molecule has 5 heteroatoms. The predicted octanol–water partition coefficient (Wildman–Crippen LogP) is 1.70. The molecule has 0 bridgehead atoms. The molecule has 0 aliphatic carbocycles. The molecule has 0 saturated carbocycles. The van der Waals surface area contributed by atoms with E-state index >= 15 is 0 Å². The molecule has 0 spiro atoms. The van der Waals surface area contributed by atoms with Crippen molar-refractivity contribution in [1.29, 1.82) is 0 Å². The minimum atomic E-state index is -0.229. The fourth-order valence-corrected chi connectivity index (χ4v) is 2.68. The first kappa shape index (κ1) is 13.7. The lowest BCUT2D eigenvalue weighted by Gasteiger charge is -2.16. The lowest BCUT2D eigenvalue weighted by molar-refractivity contribution is 0.0645. The Morgan fingerprint density at radius 2 is 1.76 bits per heavy atom. The van der Waals surface area contributed by atoms with Crippen molar-refractivity contribution < 1.29 is 9.59 Å². The number of hydrogen-bond acceptors (Lipinski definition) is 4. The molecule has 3 rings (SSSR count). The average molecular weight is 283 g/mol. The molecule has 5 nitrogen and oxygen atoms in total. The molecule has 2 heterocycles. The summed E-state index contributed by atoms with van der Waals surface area (Å²) < 4.78 is 0. The van der Waals surface area contributed by atoms with Gasteiger partial charge in [-0.1, -0.05) is 18.2 Å². The van der Waals surface area contributed by atoms with Crippen LogP contribution in [0.3, 0.4) is 0 Å². The zero-order valence-corrected chi connectivity index (χ0v) is 12.4. The maximum atomic E-state index is 12.6. The Bertz CT molecular complexity index is 753. The van der Waals surface area contributed by atoms with Gasteiger partial charge in [-0.2, -0.15) is 0 Å². The van der Waals surface area contributed by atoms with Gasteiger partial charge in [-0.3, -0.25) is 19.5 Å². The first-order valence-electron chi connectivity index (χ1n) is 6.91. The van der Waals surface area contributed by atoms with Crippen molar-refractivity contribution in [2.45, 2.75) is 6.92 Å². The van der Waals surface area contributed by atoms with Gasteiger partial charge in [0.15, 0.2) is 0 Å². The molecular formula is C16H17N3O2. The van der Waals surface area contributed by atoms with E-state index in [0.29, 0.717) is 29.9 Å². The molecule has 1 aliphatic heterocycles. The van der Waals surface area contributed by atoms with Gasteiger partial charge in [0.05, 0.1) is 22.3 Å². The van der Waals surface area contributed by atoms with Crippen LogP contribution in [0.25, 0.3) is 10.9 Å². The second-order valence-electron chi connectivity index (χ2n) is 5.53. The number of para-hydroxylation sites is 1. The van der Waals surface area contributed by atoms with E-state index in [1.807, 2.05) is 43.3 Å². The number of pyridine rings is 1. The first-order valence-corrected chi connectivity index (χ1v) is 6.91. The van der Waals surface area contributed by atoms with Crippen LogP contribution in [-0.2, 0) is 0 Å². The second kappa shape index (κ2) is 4.93. The maximum absolute atomic E-state index is 12.6. The van der Waals surface area contributed by atoms with Gasteiger partial charge >= 0.3 is 0 Å². The van der Waals surface area contributed by atoms with Crippen molar-refractivity contribution in [3.05, 3.63) is 41.1 Å². The largest absolute Gasteiger partial charge is 0.308 e. The number of aryl methyl sites for hydroxylation is 1. The number of hydrogen-bond donors (Lipinski definition) is 0. The van der Waals surface area contributed by atoms with Gasteiger partial charge in [-0.25, -0.2) is 0 Å². The molecule has 0 radical (unpaired) electrons. The Balaban J connectivity index is 2.13. The highest BCUT2D eigenvalue weighted by atomic mass is 16.2. The summed E-state index contributed by atoms with van der Waals surface area (Å²) >= 11 is 0. The number of rotatable bonds is 3. The Hall–Kier alpha value is -2.27. The Kier molecular flexibility index (Phi) is 3.22. The van der Waals surface area contributed by atoms with E-state index in [2.05, 4.69) is 4.98 Å². The summed E-state index contributed by atoms with van der Waals surface area (Å²) in [6, 6.07) is 7.45. The van der Waals surface area contributed by atoms with E-state index in [-0.39, 0.29) is 11.8 Å². The number of carbonyl (C=O) groups is 2. The van der Waals surface area contributed by atoms with Crippen molar-refractivity contribution in [2.75, 3.05) is 27.2 Å². The van der Waals surface area contributed by atoms with Crippen molar-refractivity contribution in [1.82, 2.24) is 14.8 Å². The van der Waals surface area contributed by atoms with Crippen molar-refractivity contribution >= 4 is 22.7 Å². The smallest absolute Gasteiger partial charge is 0.263 e. The molecule has 0 N–H and O–H groups in total. The molecular weight excluding hydrogens is 266 g/mol. The molecule has 0 saturated heterocycles. The molecule has 2 amide bonds. The minimum Gasteiger partial charge on any atom is -0.308 e. The summed E-state index contributed by atoms with van der Waals surface area (Å²) in [5, 5.41) is 0.754. The van der Waals surface area contributed by atoms with Crippen molar-refractivity contribution in [3.8, 4) is 0 Å². The lowest BCUT2D eigenvalue weighted by atomic mass is 10.0. The van der Waals surface area contributed by atoms with Crippen molar-refractivity contribution in [2.24, 2.45) is 0 Å². The third-order valence-corrected chi connectivity index (χ3v) is 3.76. The molecule has 108 valence electrons. The van der Waals surface area contributed by atoms with Gasteiger partial charge in [-0.05, 0) is 27.1 Å². The van der Waals surface area contributed by atoms with Crippen LogP contribution in [-0.4, -0.2) is 53.8 Å². The van der Waals surface area contributed by atoms with Crippen LogP contribution in [0.1, 0.15) is 26.4 Å². The quantitative estimate of drug-likeness (QED) is 0.805. The number of fused-ring (bicyclic) bond motifs is 3. The van der Waals surface area contributed by atoms with Gasteiger partial charge in [0, 0.05) is 18.5 Å². The summed E-state index contributed by atoms with van der Waals surface area (Å²) in [7, 11) is 3.83. The first-order chi connectivity index (χ1) is 10.0. The van der Waals surface area contributed by atoms with E-state index in [9.17, 15) is 9.59 Å². The highest BCUT2D eigenvalue weighted by Gasteiger charge is 2.38. The fourth-order valence-electron chi connectivity index (χ4n) is 2.68. The third kappa shape index (κ3) is 2.10. The molecule has 1 aromatic heterocycles. The highest BCUT2D eigenvalue weighted by Crippen LogP contribution is 2.30. The minimum absolute atomic E-state index is 0.210. The maximum Gasteiger partial charge on any atom is 0.263 e. The Morgan fingerprint density at radius 1 is 1.10 bits per heavy atom. The van der Waals surface area contributed by atoms with Crippen LogP contribution in [0.4, 0.5) is 0 Å². The number of aromatic nitrogens is 1. The monoisotopic (exact) mass is 283 g/mol. The Morgan fingerprint density at radius 3 is 2.48 bits per heavy atom. The highest BCUT2D eigenvalue weighted by molar-refractivity contribution is 6.26. The van der Waals surface area contributed by atoms with Crippen LogP contribution in [0.2, 0.25) is 0 Å². The summed E-state index contributed by atoms with van der Waals surface area (Å²) in [6.45, 7) is 2.83. The molecule has 0 atom stereocenters. The van der Waals surface area contributed by atoms with Gasteiger partial charge in [0.1, 0.15) is 0 Å². The normalized spacial score (nSPS) is 14.4. The van der Waals surface area contributed by atoms with E-state index in [4.69, 9.17) is 0 Å². The van der Waals surface area contributed by atoms with Crippen LogP contribution >= 0.6 is 0 Å². The summed E-state index contributed by atoms with van der Waals surface area (Å²) in [4.78, 5) is 32.9. The van der Waals surface area contributed by atoms with E-state index in [1.54, 1.807) is 6.92 Å². The lowest BCUT2D eigenvalue weighted by Crippen LogP contribution is -2.36. The number of benzene rings is 1. The van der Waals surface area contributed by atoms with Crippen LogP contribution < -0.4 is 0 Å². The molecule has 0 fully saturated rings. The standard InChI is InChI=1S/C16H17N3O2/c1-10-13-14(11-6-4-5-7-12(11)17-10)16(21)19(15(13)20)9-8-18(2)3/h4-7H,8-9H2,1-3H3. The SMILES string of the molecule is Cc1nc2ccccc2c2c1C(=O)N(CCN(C)C)C2=O. The zero-order valence-electron chi connectivity index (χ0n) is 12.4. The van der Waals surface area contributed by atoms with E-state index in [0.717, 1.165) is 10.9 Å². The van der Waals surface area contributed by atoms with Crippen LogP contribution in [0.15, 0.2) is 24.3 Å². The molecule has 2 aromatic rings. The summed E-state index contributed by atoms with van der Waals surface area (Å²) in [6.07, 6.45) is 0. The number of nitrogens with zero attached hydrogens (tertiary/aromatic N) is 3. The van der Waals surface area contributed by atoms with Gasteiger partial charge in [0.25, 0.3) is 11.8 Å². The zero-order chi connectivity index (χ0) is 15.1. The number of amides is 2.